The van der Waals surface area contributed by atoms with Crippen LogP contribution < -0.4 is 10.2 Å². The molecule has 2 aliphatic heterocycles. The maximum atomic E-state index is 5.76. The van der Waals surface area contributed by atoms with Crippen molar-refractivity contribution < 1.29 is 0 Å². The number of likely N-dealkylation sites (tertiary alicyclic amines) is 1. The van der Waals surface area contributed by atoms with Crippen molar-refractivity contribution in [3.05, 3.63) is 48.0 Å². The molecule has 0 spiro atoms. The summed E-state index contributed by atoms with van der Waals surface area (Å²) in [6, 6.07) is 15.6. The molecule has 2 aromatic carbocycles. The smallest absolute Gasteiger partial charge is 0.106 e. The van der Waals surface area contributed by atoms with Crippen LogP contribution in [0.5, 0.6) is 0 Å². The average Bonchev–Trinajstić information content (AvgIpc) is 3.31. The number of rotatable bonds is 7. The Hall–Kier alpha value is -1.56. The van der Waals surface area contributed by atoms with Crippen molar-refractivity contribution in [1.29, 1.82) is 0 Å². The molecule has 0 saturated carbocycles. The highest BCUT2D eigenvalue weighted by Gasteiger charge is 2.33. The Balaban J connectivity index is 1.70. The summed E-state index contributed by atoms with van der Waals surface area (Å²) in [5.74, 6) is 0.624. The van der Waals surface area contributed by atoms with Gasteiger partial charge in [0, 0.05) is 35.0 Å². The van der Waals surface area contributed by atoms with E-state index in [1.165, 1.54) is 47.1 Å². The fourth-order valence-electron chi connectivity index (χ4n) is 4.40. The highest BCUT2D eigenvalue weighted by atomic mass is 32.2. The average molecular weight is 440 g/mol. The van der Waals surface area contributed by atoms with E-state index in [-0.39, 0.29) is 0 Å². The van der Waals surface area contributed by atoms with Crippen molar-refractivity contribution in [2.75, 3.05) is 24.5 Å². The van der Waals surface area contributed by atoms with Crippen LogP contribution in [0.3, 0.4) is 0 Å². The third-order valence-electron chi connectivity index (χ3n) is 6.36. The third kappa shape index (κ3) is 4.39. The number of anilines is 2. The maximum Gasteiger partial charge on any atom is 0.106 e. The standard InChI is InChI=1S/C25H33N3S2/c1-4-18(3)17-26-25(29)19-12-13-23-21(16-19)28(20-10-6-7-11-22(20)30-23)24(5-2)27-14-8-9-15-27/h6-7,10-13,16,18,24H,4-5,8-9,14-15,17H2,1-3H3,(H,26,29). The number of benzene rings is 2. The Bertz CT molecular complexity index is 892. The summed E-state index contributed by atoms with van der Waals surface area (Å²) < 4.78 is 0. The van der Waals surface area contributed by atoms with Gasteiger partial charge >= 0.3 is 0 Å². The van der Waals surface area contributed by atoms with Gasteiger partial charge in [-0.3, -0.25) is 4.90 Å². The van der Waals surface area contributed by atoms with E-state index in [0.29, 0.717) is 12.1 Å². The monoisotopic (exact) mass is 439 g/mol. The molecule has 1 fully saturated rings. The lowest BCUT2D eigenvalue weighted by Gasteiger charge is -2.42. The van der Waals surface area contributed by atoms with Gasteiger partial charge in [-0.1, -0.05) is 69.4 Å². The lowest BCUT2D eigenvalue weighted by molar-refractivity contribution is 0.239. The van der Waals surface area contributed by atoms with Gasteiger partial charge in [0.05, 0.1) is 17.5 Å². The normalized spacial score (nSPS) is 17.9. The lowest BCUT2D eigenvalue weighted by atomic mass is 10.1. The van der Waals surface area contributed by atoms with Crippen LogP contribution in [0.4, 0.5) is 11.4 Å². The molecule has 160 valence electrons. The Morgan fingerprint density at radius 1 is 1.03 bits per heavy atom. The first-order valence-corrected chi connectivity index (χ1v) is 12.6. The fourth-order valence-corrected chi connectivity index (χ4v) is 5.66. The highest BCUT2D eigenvalue weighted by Crippen LogP contribution is 2.50. The summed E-state index contributed by atoms with van der Waals surface area (Å²) in [6.07, 6.45) is 5.24. The molecule has 5 heteroatoms. The molecule has 0 amide bonds. The second-order valence-corrected chi connectivity index (χ2v) is 9.97. The molecule has 0 bridgehead atoms. The predicted octanol–water partition coefficient (Wildman–Crippen LogP) is 6.43. The Kier molecular flexibility index (Phi) is 7.01. The summed E-state index contributed by atoms with van der Waals surface area (Å²) in [7, 11) is 0. The first kappa shape index (κ1) is 21.7. The molecule has 2 atom stereocenters. The quantitative estimate of drug-likeness (QED) is 0.499. The van der Waals surface area contributed by atoms with Gasteiger partial charge in [0.1, 0.15) is 4.99 Å². The van der Waals surface area contributed by atoms with Crippen molar-refractivity contribution >= 4 is 40.3 Å². The van der Waals surface area contributed by atoms with Crippen LogP contribution in [-0.4, -0.2) is 35.7 Å². The van der Waals surface area contributed by atoms with Crippen LogP contribution in [0.1, 0.15) is 52.0 Å². The SMILES string of the molecule is CCC(C)CNC(=S)c1ccc2c(c1)N(C(CC)N1CCCC1)c1ccccc1S2. The number of hydrogen-bond donors (Lipinski definition) is 1. The summed E-state index contributed by atoms with van der Waals surface area (Å²) in [5.41, 5.74) is 3.74. The summed E-state index contributed by atoms with van der Waals surface area (Å²) in [6.45, 7) is 10.1. The molecule has 0 radical (unpaired) electrons. The van der Waals surface area contributed by atoms with E-state index >= 15 is 0 Å². The van der Waals surface area contributed by atoms with Crippen LogP contribution in [-0.2, 0) is 0 Å². The Morgan fingerprint density at radius 2 is 1.77 bits per heavy atom. The molecule has 2 heterocycles. The second-order valence-electron chi connectivity index (χ2n) is 8.48. The summed E-state index contributed by atoms with van der Waals surface area (Å²) in [5, 5.41) is 3.48. The van der Waals surface area contributed by atoms with Gasteiger partial charge in [-0.25, -0.2) is 0 Å². The van der Waals surface area contributed by atoms with Crippen molar-refractivity contribution in [2.45, 2.75) is 62.4 Å². The van der Waals surface area contributed by atoms with Crippen LogP contribution in [0, 0.1) is 5.92 Å². The zero-order valence-electron chi connectivity index (χ0n) is 18.4. The third-order valence-corrected chi connectivity index (χ3v) is 7.87. The molecule has 0 aliphatic carbocycles. The van der Waals surface area contributed by atoms with Crippen molar-refractivity contribution in [3.63, 3.8) is 0 Å². The van der Waals surface area contributed by atoms with E-state index in [2.05, 4.69) is 78.4 Å². The Morgan fingerprint density at radius 3 is 2.50 bits per heavy atom. The molecule has 0 aromatic heterocycles. The number of para-hydroxylation sites is 1. The molecular formula is C25H33N3S2. The molecule has 2 unspecified atom stereocenters. The van der Waals surface area contributed by atoms with Crippen molar-refractivity contribution in [2.24, 2.45) is 5.92 Å². The van der Waals surface area contributed by atoms with Crippen LogP contribution in [0.15, 0.2) is 52.3 Å². The fraction of sp³-hybridized carbons (Fsp3) is 0.480. The van der Waals surface area contributed by atoms with Crippen molar-refractivity contribution in [3.8, 4) is 0 Å². The number of hydrogen-bond acceptors (Lipinski definition) is 4. The topological polar surface area (TPSA) is 18.5 Å². The van der Waals surface area contributed by atoms with Crippen LogP contribution in [0.25, 0.3) is 0 Å². The minimum absolute atomic E-state index is 0.380. The minimum Gasteiger partial charge on any atom is -0.376 e. The van der Waals surface area contributed by atoms with E-state index in [1.54, 1.807) is 0 Å². The molecule has 2 aromatic rings. The van der Waals surface area contributed by atoms with Gasteiger partial charge in [-0.15, -0.1) is 0 Å². The first-order chi connectivity index (χ1) is 14.6. The van der Waals surface area contributed by atoms with E-state index < -0.39 is 0 Å². The van der Waals surface area contributed by atoms with Crippen LogP contribution in [0.2, 0.25) is 0 Å². The zero-order chi connectivity index (χ0) is 21.1. The van der Waals surface area contributed by atoms with E-state index in [1.807, 2.05) is 11.8 Å². The van der Waals surface area contributed by atoms with Gasteiger partial charge in [0.25, 0.3) is 0 Å². The highest BCUT2D eigenvalue weighted by molar-refractivity contribution is 7.99. The van der Waals surface area contributed by atoms with Gasteiger partial charge in [0.15, 0.2) is 0 Å². The van der Waals surface area contributed by atoms with Gasteiger partial charge in [0.2, 0.25) is 0 Å². The molecular weight excluding hydrogens is 406 g/mol. The molecule has 2 aliphatic rings. The molecule has 30 heavy (non-hydrogen) atoms. The van der Waals surface area contributed by atoms with E-state index in [0.717, 1.165) is 29.9 Å². The number of nitrogens with one attached hydrogen (secondary N) is 1. The van der Waals surface area contributed by atoms with Gasteiger partial charge < -0.3 is 10.2 Å². The number of fused-ring (bicyclic) bond motifs is 2. The largest absolute Gasteiger partial charge is 0.376 e. The zero-order valence-corrected chi connectivity index (χ0v) is 20.0. The molecule has 3 nitrogen and oxygen atoms in total. The summed E-state index contributed by atoms with van der Waals surface area (Å²) in [4.78, 5) is 8.75. The molecule has 1 saturated heterocycles. The second kappa shape index (κ2) is 9.71. The molecule has 4 rings (SSSR count). The number of nitrogens with zero attached hydrogens (tertiary/aromatic N) is 2. The number of thiocarbonyl (C=S) groups is 1. The first-order valence-electron chi connectivity index (χ1n) is 11.3. The predicted molar refractivity (Wildman–Crippen MR) is 133 cm³/mol. The lowest BCUT2D eigenvalue weighted by Crippen LogP contribution is -2.45. The van der Waals surface area contributed by atoms with Gasteiger partial charge in [-0.05, 0) is 49.4 Å². The van der Waals surface area contributed by atoms with Crippen LogP contribution >= 0.6 is 24.0 Å². The van der Waals surface area contributed by atoms with Gasteiger partial charge in [-0.2, -0.15) is 0 Å². The minimum atomic E-state index is 0.380. The van der Waals surface area contributed by atoms with E-state index in [9.17, 15) is 0 Å². The van der Waals surface area contributed by atoms with E-state index in [4.69, 9.17) is 12.2 Å². The Labute approximate surface area is 191 Å². The maximum absolute atomic E-state index is 5.76. The summed E-state index contributed by atoms with van der Waals surface area (Å²) >= 11 is 7.64. The molecule has 1 N–H and O–H groups in total. The van der Waals surface area contributed by atoms with Crippen molar-refractivity contribution in [1.82, 2.24) is 10.2 Å².